The van der Waals surface area contributed by atoms with Crippen molar-refractivity contribution in [3.05, 3.63) is 60.7 Å². The molecule has 3 rings (SSSR count). The summed E-state index contributed by atoms with van der Waals surface area (Å²) in [5.41, 5.74) is -0.392. The summed E-state index contributed by atoms with van der Waals surface area (Å²) >= 11 is 0. The summed E-state index contributed by atoms with van der Waals surface area (Å²) in [6.45, 7) is 7.92. The highest BCUT2D eigenvalue weighted by Crippen LogP contribution is 2.53. The summed E-state index contributed by atoms with van der Waals surface area (Å²) < 4.78 is 11.3. The molecule has 4 nitrogen and oxygen atoms in total. The molecule has 0 aromatic heterocycles. The van der Waals surface area contributed by atoms with Gasteiger partial charge in [0.05, 0.1) is 36.3 Å². The van der Waals surface area contributed by atoms with E-state index in [4.69, 9.17) is 9.47 Å². The molecule has 1 saturated heterocycles. The lowest BCUT2D eigenvalue weighted by atomic mass is 9.94. The Labute approximate surface area is 213 Å². The molecule has 1 atom stereocenters. The van der Waals surface area contributed by atoms with Crippen LogP contribution in [0.4, 0.5) is 4.79 Å². The van der Waals surface area contributed by atoms with Gasteiger partial charge in [0.15, 0.2) is 0 Å². The van der Waals surface area contributed by atoms with Crippen LogP contribution in [0.3, 0.4) is 0 Å². The van der Waals surface area contributed by atoms with Crippen LogP contribution in [0.1, 0.15) is 71.6 Å². The second-order valence-corrected chi connectivity index (χ2v) is 14.3. The Kier molecular flexibility index (Phi) is 11.1. The van der Waals surface area contributed by atoms with E-state index in [0.717, 1.165) is 32.3 Å². The van der Waals surface area contributed by atoms with E-state index in [9.17, 15) is 4.79 Å². The maximum atomic E-state index is 12.1. The average molecular weight is 499 g/mol. The molecule has 1 N–H and O–H groups in total. The van der Waals surface area contributed by atoms with Crippen molar-refractivity contribution < 1.29 is 14.3 Å². The minimum absolute atomic E-state index is 0.163. The number of hydrogen-bond donors (Lipinski definition) is 1. The van der Waals surface area contributed by atoms with E-state index in [2.05, 4.69) is 72.6 Å². The predicted octanol–water partition coefficient (Wildman–Crippen LogP) is 6.70. The molecule has 5 heteroatoms. The molecule has 1 aliphatic heterocycles. The second kappa shape index (κ2) is 14.0. The van der Waals surface area contributed by atoms with Crippen molar-refractivity contribution in [3.8, 4) is 0 Å². The van der Waals surface area contributed by atoms with Gasteiger partial charge in [-0.3, -0.25) is 0 Å². The molecule has 0 saturated carbocycles. The third-order valence-electron chi connectivity index (χ3n) is 7.31. The molecule has 0 aliphatic carbocycles. The number of carbonyl (C=O) groups excluding carboxylic acids is 1. The fourth-order valence-electron chi connectivity index (χ4n) is 4.96. The van der Waals surface area contributed by atoms with E-state index in [1.807, 2.05) is 13.8 Å². The summed E-state index contributed by atoms with van der Waals surface area (Å²) in [6, 6.07) is 22.2. The van der Waals surface area contributed by atoms with Gasteiger partial charge in [-0.1, -0.05) is 62.1 Å². The lowest BCUT2D eigenvalue weighted by Crippen LogP contribution is -2.47. The first kappa shape index (κ1) is 27.7. The van der Waals surface area contributed by atoms with Crippen molar-refractivity contribution in [2.75, 3.05) is 26.0 Å². The summed E-state index contributed by atoms with van der Waals surface area (Å²) in [6.07, 6.45) is 11.1. The molecular formula is C30H45NO3P+. The van der Waals surface area contributed by atoms with Crippen LogP contribution in [0.5, 0.6) is 0 Å². The van der Waals surface area contributed by atoms with Crippen LogP contribution >= 0.6 is 7.26 Å². The Morgan fingerprint density at radius 2 is 1.46 bits per heavy atom. The Bertz CT molecular complexity index is 832. The summed E-state index contributed by atoms with van der Waals surface area (Å²) in [4.78, 5) is 12.1. The molecule has 1 heterocycles. The Morgan fingerprint density at radius 3 is 2.03 bits per heavy atom. The van der Waals surface area contributed by atoms with Crippen LogP contribution in [0.2, 0.25) is 0 Å². The fourth-order valence-corrected chi connectivity index (χ4v) is 8.30. The SMILES string of the molecule is CC1(C)OCCCC1OC(=O)NCCCCCCCCC[P+](C)(c1ccccc1)c1ccccc1. The third kappa shape index (κ3) is 8.62. The van der Waals surface area contributed by atoms with Crippen LogP contribution in [-0.2, 0) is 9.47 Å². The number of carbonyl (C=O) groups is 1. The zero-order valence-corrected chi connectivity index (χ0v) is 22.9. The van der Waals surface area contributed by atoms with Gasteiger partial charge in [-0.15, -0.1) is 0 Å². The first-order chi connectivity index (χ1) is 16.9. The maximum absolute atomic E-state index is 12.1. The van der Waals surface area contributed by atoms with E-state index in [-0.39, 0.29) is 12.2 Å². The molecule has 35 heavy (non-hydrogen) atoms. The summed E-state index contributed by atoms with van der Waals surface area (Å²) in [7, 11) is -1.34. The van der Waals surface area contributed by atoms with Gasteiger partial charge in [0.25, 0.3) is 0 Å². The average Bonchev–Trinajstić information content (AvgIpc) is 2.87. The van der Waals surface area contributed by atoms with Crippen molar-refractivity contribution >= 4 is 24.0 Å². The van der Waals surface area contributed by atoms with E-state index in [1.165, 1.54) is 48.9 Å². The monoisotopic (exact) mass is 498 g/mol. The van der Waals surface area contributed by atoms with Gasteiger partial charge in [0.1, 0.15) is 6.10 Å². The van der Waals surface area contributed by atoms with E-state index >= 15 is 0 Å². The fraction of sp³-hybridized carbons (Fsp3) is 0.567. The number of benzene rings is 2. The number of hydrogen-bond acceptors (Lipinski definition) is 3. The first-order valence-corrected chi connectivity index (χ1v) is 15.9. The zero-order chi connectivity index (χ0) is 25.0. The molecular weight excluding hydrogens is 453 g/mol. The van der Waals surface area contributed by atoms with E-state index in [0.29, 0.717) is 6.54 Å². The number of ether oxygens (including phenoxy) is 2. The zero-order valence-electron chi connectivity index (χ0n) is 22.0. The standard InChI is InChI=1S/C30H44NO3P/c1-30(2)28(22-17-24-33-30)34-29(32)31-23-15-7-5-4-6-8-16-25-35(3,26-18-11-9-12-19-26)27-20-13-10-14-21-27/h9-14,18-21,28H,4-8,15-17,22-25H2,1-3H3/p+1. The highest BCUT2D eigenvalue weighted by molar-refractivity contribution is 7.88. The number of nitrogens with one attached hydrogen (secondary N) is 1. The Hall–Kier alpha value is -1.90. The molecule has 1 fully saturated rings. The minimum Gasteiger partial charge on any atom is -0.443 e. The van der Waals surface area contributed by atoms with Crippen LogP contribution in [0, 0.1) is 0 Å². The van der Waals surface area contributed by atoms with Crippen LogP contribution in [-0.4, -0.2) is 43.8 Å². The van der Waals surface area contributed by atoms with E-state index < -0.39 is 12.9 Å². The molecule has 2 aromatic rings. The predicted molar refractivity (Wildman–Crippen MR) is 150 cm³/mol. The number of rotatable bonds is 13. The van der Waals surface area contributed by atoms with Crippen molar-refractivity contribution in [3.63, 3.8) is 0 Å². The summed E-state index contributed by atoms with van der Waals surface area (Å²) in [5, 5.41) is 5.94. The Balaban J connectivity index is 1.27. The largest absolute Gasteiger partial charge is 0.443 e. The molecule has 1 amide bonds. The van der Waals surface area contributed by atoms with Crippen molar-refractivity contribution in [2.24, 2.45) is 0 Å². The lowest BCUT2D eigenvalue weighted by Gasteiger charge is -2.37. The normalized spacial score (nSPS) is 17.6. The van der Waals surface area contributed by atoms with E-state index in [1.54, 1.807) is 0 Å². The van der Waals surface area contributed by atoms with Gasteiger partial charge in [-0.05, 0) is 70.2 Å². The van der Waals surface area contributed by atoms with Crippen LogP contribution < -0.4 is 15.9 Å². The first-order valence-electron chi connectivity index (χ1n) is 13.5. The number of unbranched alkanes of at least 4 members (excludes halogenated alkanes) is 6. The summed E-state index contributed by atoms with van der Waals surface area (Å²) in [5.74, 6) is 0. The lowest BCUT2D eigenvalue weighted by molar-refractivity contribution is -0.133. The number of alkyl carbamates (subject to hydrolysis) is 1. The van der Waals surface area contributed by atoms with Crippen molar-refractivity contribution in [1.29, 1.82) is 0 Å². The highest BCUT2D eigenvalue weighted by atomic mass is 31.2. The molecule has 0 bridgehead atoms. The smallest absolute Gasteiger partial charge is 0.407 e. The van der Waals surface area contributed by atoms with Crippen molar-refractivity contribution in [2.45, 2.75) is 83.3 Å². The molecule has 0 spiro atoms. The molecule has 2 aromatic carbocycles. The van der Waals surface area contributed by atoms with Crippen LogP contribution in [0.25, 0.3) is 0 Å². The molecule has 0 radical (unpaired) electrons. The van der Waals surface area contributed by atoms with Gasteiger partial charge in [0, 0.05) is 13.2 Å². The van der Waals surface area contributed by atoms with Gasteiger partial charge in [-0.2, -0.15) is 0 Å². The number of amides is 1. The minimum atomic E-state index is -1.34. The topological polar surface area (TPSA) is 47.6 Å². The second-order valence-electron chi connectivity index (χ2n) is 10.5. The van der Waals surface area contributed by atoms with Gasteiger partial charge >= 0.3 is 6.09 Å². The molecule has 192 valence electrons. The molecule has 1 aliphatic rings. The van der Waals surface area contributed by atoms with Crippen LogP contribution in [0.15, 0.2) is 60.7 Å². The van der Waals surface area contributed by atoms with Gasteiger partial charge in [0.2, 0.25) is 0 Å². The Morgan fingerprint density at radius 1 is 0.914 bits per heavy atom. The maximum Gasteiger partial charge on any atom is 0.407 e. The third-order valence-corrected chi connectivity index (χ3v) is 11.4. The van der Waals surface area contributed by atoms with Gasteiger partial charge < -0.3 is 14.8 Å². The molecule has 1 unspecified atom stereocenters. The van der Waals surface area contributed by atoms with Crippen molar-refractivity contribution in [1.82, 2.24) is 5.32 Å². The highest BCUT2D eigenvalue weighted by Gasteiger charge is 2.37. The van der Waals surface area contributed by atoms with Gasteiger partial charge in [-0.25, -0.2) is 4.79 Å². The quantitative estimate of drug-likeness (QED) is 0.247.